The molecule has 0 saturated heterocycles. The minimum absolute atomic E-state index is 0.398. The summed E-state index contributed by atoms with van der Waals surface area (Å²) in [6, 6.07) is 8.73. The number of nitrogens with two attached hydrogens (primary N) is 3. The summed E-state index contributed by atoms with van der Waals surface area (Å²) in [6.45, 7) is 5.69. The third kappa shape index (κ3) is 4.59. The van der Waals surface area contributed by atoms with Crippen molar-refractivity contribution in [2.75, 3.05) is 0 Å². The lowest BCUT2D eigenvalue weighted by molar-refractivity contribution is 0.666. The van der Waals surface area contributed by atoms with Gasteiger partial charge in [0.1, 0.15) is 0 Å². The van der Waals surface area contributed by atoms with Gasteiger partial charge in [-0.05, 0) is 37.3 Å². The molecule has 0 amide bonds. The van der Waals surface area contributed by atoms with Crippen LogP contribution in [0.25, 0.3) is 5.70 Å². The van der Waals surface area contributed by atoms with Crippen LogP contribution in [0.5, 0.6) is 0 Å². The second kappa shape index (κ2) is 6.42. The molecule has 1 aromatic rings. The Bertz CT molecular complexity index is 365. The SMILES string of the molecule is C=C(N)c1ccccc1C.NC1CCC(N)C1. The molecule has 1 saturated carbocycles. The maximum absolute atomic E-state index is 5.55. The zero-order chi connectivity index (χ0) is 12.8. The van der Waals surface area contributed by atoms with E-state index in [-0.39, 0.29) is 0 Å². The Morgan fingerprint density at radius 2 is 1.71 bits per heavy atom. The molecular formula is C14H23N3. The Labute approximate surface area is 104 Å². The van der Waals surface area contributed by atoms with Crippen LogP contribution in [0.15, 0.2) is 30.8 Å². The maximum Gasteiger partial charge on any atom is 0.0317 e. The number of hydrogen-bond acceptors (Lipinski definition) is 3. The van der Waals surface area contributed by atoms with Crippen LogP contribution in [-0.4, -0.2) is 12.1 Å². The Morgan fingerprint density at radius 3 is 2.00 bits per heavy atom. The summed E-state index contributed by atoms with van der Waals surface area (Å²) < 4.78 is 0. The molecule has 94 valence electrons. The molecule has 1 aliphatic rings. The van der Waals surface area contributed by atoms with E-state index in [9.17, 15) is 0 Å². The molecule has 3 heteroatoms. The van der Waals surface area contributed by atoms with E-state index >= 15 is 0 Å². The van der Waals surface area contributed by atoms with Crippen molar-refractivity contribution >= 4 is 5.70 Å². The standard InChI is InChI=1S/C9H11N.C5H12N2/c1-7-5-3-4-6-9(7)8(2)10;6-4-1-2-5(7)3-4/h3-6H,2,10H2,1H3;4-5H,1-3,6-7H2. The lowest BCUT2D eigenvalue weighted by Crippen LogP contribution is -2.20. The van der Waals surface area contributed by atoms with Gasteiger partial charge in [0.2, 0.25) is 0 Å². The number of benzene rings is 1. The van der Waals surface area contributed by atoms with Crippen LogP contribution in [-0.2, 0) is 0 Å². The summed E-state index contributed by atoms with van der Waals surface area (Å²) in [5, 5.41) is 0. The molecule has 0 bridgehead atoms. The van der Waals surface area contributed by atoms with Gasteiger partial charge in [0.15, 0.2) is 0 Å². The third-order valence-electron chi connectivity index (χ3n) is 3.00. The molecule has 2 rings (SSSR count). The zero-order valence-corrected chi connectivity index (χ0v) is 10.5. The monoisotopic (exact) mass is 233 g/mol. The van der Waals surface area contributed by atoms with Gasteiger partial charge in [0.05, 0.1) is 0 Å². The van der Waals surface area contributed by atoms with E-state index in [0.29, 0.717) is 17.8 Å². The lowest BCUT2D eigenvalue weighted by atomic mass is 10.1. The average Bonchev–Trinajstić information content (AvgIpc) is 2.63. The largest absolute Gasteiger partial charge is 0.399 e. The molecule has 0 aliphatic heterocycles. The first kappa shape index (κ1) is 13.7. The topological polar surface area (TPSA) is 78.1 Å². The molecule has 17 heavy (non-hydrogen) atoms. The van der Waals surface area contributed by atoms with E-state index < -0.39 is 0 Å². The van der Waals surface area contributed by atoms with E-state index in [4.69, 9.17) is 17.2 Å². The van der Waals surface area contributed by atoms with Crippen LogP contribution in [0.4, 0.5) is 0 Å². The van der Waals surface area contributed by atoms with Crippen molar-refractivity contribution in [1.82, 2.24) is 0 Å². The summed E-state index contributed by atoms with van der Waals surface area (Å²) >= 11 is 0. The normalized spacial score (nSPS) is 22.8. The van der Waals surface area contributed by atoms with Crippen molar-refractivity contribution in [3.8, 4) is 0 Å². The summed E-state index contributed by atoms with van der Waals surface area (Å²) in [5.41, 5.74) is 19.5. The molecule has 0 aromatic heterocycles. The van der Waals surface area contributed by atoms with E-state index in [1.807, 2.05) is 31.2 Å². The van der Waals surface area contributed by atoms with Gasteiger partial charge in [-0.2, -0.15) is 0 Å². The minimum Gasteiger partial charge on any atom is -0.399 e. The van der Waals surface area contributed by atoms with Crippen molar-refractivity contribution in [1.29, 1.82) is 0 Å². The van der Waals surface area contributed by atoms with E-state index in [1.54, 1.807) is 0 Å². The van der Waals surface area contributed by atoms with Crippen molar-refractivity contribution in [2.24, 2.45) is 17.2 Å². The lowest BCUT2D eigenvalue weighted by Gasteiger charge is -2.01. The fraction of sp³-hybridized carbons (Fsp3) is 0.429. The van der Waals surface area contributed by atoms with Gasteiger partial charge in [-0.3, -0.25) is 0 Å². The number of rotatable bonds is 1. The minimum atomic E-state index is 0.398. The third-order valence-corrected chi connectivity index (χ3v) is 3.00. The second-order valence-electron chi connectivity index (χ2n) is 4.67. The molecule has 2 atom stereocenters. The summed E-state index contributed by atoms with van der Waals surface area (Å²) in [7, 11) is 0. The molecule has 3 nitrogen and oxygen atoms in total. The van der Waals surface area contributed by atoms with Crippen molar-refractivity contribution in [2.45, 2.75) is 38.3 Å². The van der Waals surface area contributed by atoms with Gasteiger partial charge in [0.25, 0.3) is 0 Å². The van der Waals surface area contributed by atoms with Crippen LogP contribution < -0.4 is 17.2 Å². The molecule has 1 aliphatic carbocycles. The van der Waals surface area contributed by atoms with Crippen LogP contribution in [0, 0.1) is 6.92 Å². The predicted molar refractivity (Wildman–Crippen MR) is 74.2 cm³/mol. The van der Waals surface area contributed by atoms with Gasteiger partial charge < -0.3 is 17.2 Å². The van der Waals surface area contributed by atoms with Gasteiger partial charge in [-0.25, -0.2) is 0 Å². The highest BCUT2D eigenvalue weighted by atomic mass is 14.7. The Morgan fingerprint density at radius 1 is 1.18 bits per heavy atom. The zero-order valence-electron chi connectivity index (χ0n) is 10.5. The highest BCUT2D eigenvalue weighted by Crippen LogP contribution is 2.14. The number of aryl methyl sites for hydroxylation is 1. The van der Waals surface area contributed by atoms with Crippen LogP contribution >= 0.6 is 0 Å². The molecule has 0 spiro atoms. The van der Waals surface area contributed by atoms with Crippen LogP contribution in [0.1, 0.15) is 30.4 Å². The average molecular weight is 233 g/mol. The van der Waals surface area contributed by atoms with E-state index in [0.717, 1.165) is 24.8 Å². The first-order chi connectivity index (χ1) is 8.00. The van der Waals surface area contributed by atoms with Crippen molar-refractivity contribution < 1.29 is 0 Å². The van der Waals surface area contributed by atoms with Crippen molar-refractivity contribution in [3.05, 3.63) is 42.0 Å². The molecular weight excluding hydrogens is 210 g/mol. The van der Waals surface area contributed by atoms with E-state index in [2.05, 4.69) is 6.58 Å². The first-order valence-corrected chi connectivity index (χ1v) is 6.02. The highest BCUT2D eigenvalue weighted by Gasteiger charge is 2.16. The summed E-state index contributed by atoms with van der Waals surface area (Å²) in [4.78, 5) is 0. The molecule has 2 unspecified atom stereocenters. The molecule has 0 heterocycles. The predicted octanol–water partition coefficient (Wildman–Crippen LogP) is 1.75. The number of hydrogen-bond donors (Lipinski definition) is 3. The Balaban J connectivity index is 0.000000181. The molecule has 6 N–H and O–H groups in total. The van der Waals surface area contributed by atoms with Gasteiger partial charge in [-0.15, -0.1) is 0 Å². The summed E-state index contributed by atoms with van der Waals surface area (Å²) in [5.74, 6) is 0. The molecule has 1 aromatic carbocycles. The maximum atomic E-state index is 5.55. The summed E-state index contributed by atoms with van der Waals surface area (Å²) in [6.07, 6.45) is 3.28. The van der Waals surface area contributed by atoms with Crippen LogP contribution in [0.3, 0.4) is 0 Å². The smallest absolute Gasteiger partial charge is 0.0317 e. The first-order valence-electron chi connectivity index (χ1n) is 6.02. The van der Waals surface area contributed by atoms with Crippen LogP contribution in [0.2, 0.25) is 0 Å². The van der Waals surface area contributed by atoms with Gasteiger partial charge >= 0.3 is 0 Å². The Hall–Kier alpha value is -1.32. The molecule has 1 fully saturated rings. The fourth-order valence-corrected chi connectivity index (χ4v) is 1.99. The quantitative estimate of drug-likeness (QED) is 0.691. The molecule has 0 radical (unpaired) electrons. The van der Waals surface area contributed by atoms with Crippen molar-refractivity contribution in [3.63, 3.8) is 0 Å². The van der Waals surface area contributed by atoms with E-state index in [1.165, 1.54) is 5.56 Å². The van der Waals surface area contributed by atoms with Gasteiger partial charge in [0, 0.05) is 17.8 Å². The highest BCUT2D eigenvalue weighted by molar-refractivity contribution is 5.62. The Kier molecular flexibility index (Phi) is 5.19. The second-order valence-corrected chi connectivity index (χ2v) is 4.67. The van der Waals surface area contributed by atoms with Gasteiger partial charge in [-0.1, -0.05) is 30.8 Å². The fourth-order valence-electron chi connectivity index (χ4n) is 1.99.